The lowest BCUT2D eigenvalue weighted by molar-refractivity contribution is -0.137. The van der Waals surface area contributed by atoms with Gasteiger partial charge in [-0.2, -0.15) is 13.2 Å². The number of pyridine rings is 1. The van der Waals surface area contributed by atoms with Gasteiger partial charge in [0.15, 0.2) is 0 Å². The van der Waals surface area contributed by atoms with Gasteiger partial charge in [0.05, 0.1) is 22.7 Å². The number of hydrogen-bond acceptors (Lipinski definition) is 4. The van der Waals surface area contributed by atoms with E-state index in [1.54, 1.807) is 13.0 Å². The number of carbonyl (C=O) groups excluding carboxylic acids is 2. The molecule has 0 saturated carbocycles. The highest BCUT2D eigenvalue weighted by Crippen LogP contribution is 2.29. The Morgan fingerprint density at radius 2 is 1.88 bits per heavy atom. The van der Waals surface area contributed by atoms with E-state index in [0.29, 0.717) is 0 Å². The minimum Gasteiger partial charge on any atom is -0.460 e. The molecule has 2 aromatic rings. The first-order valence-corrected chi connectivity index (χ1v) is 7.82. The molecule has 0 bridgehead atoms. The van der Waals surface area contributed by atoms with Gasteiger partial charge in [-0.15, -0.1) is 0 Å². The molecule has 138 valence electrons. The van der Waals surface area contributed by atoms with E-state index in [1.807, 2.05) is 0 Å². The SMILES string of the molecule is C[C@@H](COC(=O)c1ccc(C(F)(F)F)cc1)NC(=O)c1cccnc1Cl. The summed E-state index contributed by atoms with van der Waals surface area (Å²) in [6.45, 7) is 1.44. The summed E-state index contributed by atoms with van der Waals surface area (Å²) < 4.78 is 42.5. The van der Waals surface area contributed by atoms with Crippen LogP contribution in [0.25, 0.3) is 0 Å². The van der Waals surface area contributed by atoms with Crippen LogP contribution in [-0.4, -0.2) is 29.5 Å². The van der Waals surface area contributed by atoms with Crippen LogP contribution < -0.4 is 5.32 Å². The average Bonchev–Trinajstić information content (AvgIpc) is 2.59. The maximum Gasteiger partial charge on any atom is 0.416 e. The predicted octanol–water partition coefficient (Wildman–Crippen LogP) is 3.73. The number of aromatic nitrogens is 1. The number of esters is 1. The Morgan fingerprint density at radius 1 is 1.23 bits per heavy atom. The molecule has 0 spiro atoms. The van der Waals surface area contributed by atoms with Gasteiger partial charge in [-0.05, 0) is 43.3 Å². The third-order valence-corrected chi connectivity index (χ3v) is 3.59. The second-order valence-corrected chi connectivity index (χ2v) is 5.75. The number of hydrogen-bond donors (Lipinski definition) is 1. The molecule has 1 aromatic carbocycles. The molecular formula is C17H14ClF3N2O3. The van der Waals surface area contributed by atoms with Crippen molar-refractivity contribution < 1.29 is 27.5 Å². The van der Waals surface area contributed by atoms with Gasteiger partial charge >= 0.3 is 12.1 Å². The Morgan fingerprint density at radius 3 is 2.46 bits per heavy atom. The number of rotatable bonds is 5. The van der Waals surface area contributed by atoms with Crippen LogP contribution in [0.4, 0.5) is 13.2 Å². The molecule has 2 rings (SSSR count). The maximum atomic E-state index is 12.5. The molecule has 0 saturated heterocycles. The van der Waals surface area contributed by atoms with E-state index in [-0.39, 0.29) is 22.9 Å². The van der Waals surface area contributed by atoms with Crippen LogP contribution in [0.1, 0.15) is 33.2 Å². The van der Waals surface area contributed by atoms with Crippen molar-refractivity contribution in [1.29, 1.82) is 0 Å². The van der Waals surface area contributed by atoms with E-state index in [4.69, 9.17) is 16.3 Å². The summed E-state index contributed by atoms with van der Waals surface area (Å²) in [5.41, 5.74) is -0.704. The number of alkyl halides is 3. The molecule has 0 fully saturated rings. The molecule has 26 heavy (non-hydrogen) atoms. The Bertz CT molecular complexity index is 795. The lowest BCUT2D eigenvalue weighted by Gasteiger charge is -2.15. The topological polar surface area (TPSA) is 68.3 Å². The molecule has 0 aliphatic rings. The van der Waals surface area contributed by atoms with Crippen LogP contribution in [-0.2, 0) is 10.9 Å². The standard InChI is InChI=1S/C17H14ClF3N2O3/c1-10(23-15(24)13-3-2-8-22-14(13)18)9-26-16(25)11-4-6-12(7-5-11)17(19,20)21/h2-8,10H,9H2,1H3,(H,23,24)/t10-/m0/s1. The smallest absolute Gasteiger partial charge is 0.416 e. The largest absolute Gasteiger partial charge is 0.460 e. The highest BCUT2D eigenvalue weighted by molar-refractivity contribution is 6.32. The lowest BCUT2D eigenvalue weighted by atomic mass is 10.1. The summed E-state index contributed by atoms with van der Waals surface area (Å²) >= 11 is 5.82. The van der Waals surface area contributed by atoms with Crippen LogP contribution in [0.15, 0.2) is 42.6 Å². The van der Waals surface area contributed by atoms with Gasteiger partial charge in [0.25, 0.3) is 5.91 Å². The summed E-state index contributed by atoms with van der Waals surface area (Å²) in [5.74, 6) is -1.28. The number of nitrogens with one attached hydrogen (secondary N) is 1. The molecule has 0 unspecified atom stereocenters. The monoisotopic (exact) mass is 386 g/mol. The molecule has 1 N–H and O–H groups in total. The Hall–Kier alpha value is -2.61. The fraction of sp³-hybridized carbons (Fsp3) is 0.235. The highest BCUT2D eigenvalue weighted by Gasteiger charge is 2.30. The van der Waals surface area contributed by atoms with Crippen molar-refractivity contribution in [3.05, 3.63) is 64.4 Å². The third kappa shape index (κ3) is 5.19. The molecule has 5 nitrogen and oxygen atoms in total. The van der Waals surface area contributed by atoms with E-state index in [2.05, 4.69) is 10.3 Å². The van der Waals surface area contributed by atoms with Gasteiger partial charge < -0.3 is 10.1 Å². The fourth-order valence-electron chi connectivity index (χ4n) is 1.98. The molecule has 1 aromatic heterocycles. The van der Waals surface area contributed by atoms with Crippen molar-refractivity contribution >= 4 is 23.5 Å². The number of nitrogens with zero attached hydrogens (tertiary/aromatic N) is 1. The molecule has 1 atom stereocenters. The van der Waals surface area contributed by atoms with E-state index in [9.17, 15) is 22.8 Å². The Kier molecular flexibility index (Phi) is 6.20. The predicted molar refractivity (Wildman–Crippen MR) is 87.9 cm³/mol. The Balaban J connectivity index is 1.88. The molecule has 0 aliphatic heterocycles. The van der Waals surface area contributed by atoms with Gasteiger partial charge in [-0.1, -0.05) is 11.6 Å². The van der Waals surface area contributed by atoms with Crippen LogP contribution >= 0.6 is 11.6 Å². The van der Waals surface area contributed by atoms with Crippen molar-refractivity contribution in [2.24, 2.45) is 0 Å². The molecule has 0 aliphatic carbocycles. The lowest BCUT2D eigenvalue weighted by Crippen LogP contribution is -2.36. The average molecular weight is 387 g/mol. The summed E-state index contributed by atoms with van der Waals surface area (Å²) in [6.07, 6.45) is -3.04. The summed E-state index contributed by atoms with van der Waals surface area (Å²) in [4.78, 5) is 27.7. The molecule has 1 amide bonds. The van der Waals surface area contributed by atoms with E-state index < -0.39 is 29.7 Å². The summed E-state index contributed by atoms with van der Waals surface area (Å²) in [7, 11) is 0. The van der Waals surface area contributed by atoms with E-state index >= 15 is 0 Å². The number of benzene rings is 1. The molecule has 1 heterocycles. The van der Waals surface area contributed by atoms with Gasteiger partial charge in [-0.25, -0.2) is 9.78 Å². The first kappa shape index (κ1) is 19.7. The van der Waals surface area contributed by atoms with Crippen molar-refractivity contribution in [3.63, 3.8) is 0 Å². The second kappa shape index (κ2) is 8.18. The van der Waals surface area contributed by atoms with Crippen LogP contribution in [0.2, 0.25) is 5.15 Å². The zero-order chi connectivity index (χ0) is 19.3. The van der Waals surface area contributed by atoms with Gasteiger partial charge in [0.2, 0.25) is 0 Å². The number of carbonyl (C=O) groups is 2. The van der Waals surface area contributed by atoms with Gasteiger partial charge in [0, 0.05) is 6.20 Å². The summed E-state index contributed by atoms with van der Waals surface area (Å²) in [5, 5.41) is 2.62. The number of halogens is 4. The van der Waals surface area contributed by atoms with Crippen molar-refractivity contribution in [2.75, 3.05) is 6.61 Å². The number of amides is 1. The first-order chi connectivity index (χ1) is 12.2. The van der Waals surface area contributed by atoms with Crippen LogP contribution in [0, 0.1) is 0 Å². The van der Waals surface area contributed by atoms with Crippen molar-refractivity contribution in [2.45, 2.75) is 19.1 Å². The minimum absolute atomic E-state index is 0.0215. The van der Waals surface area contributed by atoms with Crippen LogP contribution in [0.3, 0.4) is 0 Å². The van der Waals surface area contributed by atoms with Crippen molar-refractivity contribution in [1.82, 2.24) is 10.3 Å². The quantitative estimate of drug-likeness (QED) is 0.628. The number of ether oxygens (including phenoxy) is 1. The minimum atomic E-state index is -4.48. The third-order valence-electron chi connectivity index (χ3n) is 3.29. The van der Waals surface area contributed by atoms with E-state index in [1.165, 1.54) is 12.3 Å². The van der Waals surface area contributed by atoms with Gasteiger partial charge in [0.1, 0.15) is 11.8 Å². The van der Waals surface area contributed by atoms with E-state index in [0.717, 1.165) is 24.3 Å². The fourth-order valence-corrected chi connectivity index (χ4v) is 2.18. The van der Waals surface area contributed by atoms with Crippen LogP contribution in [0.5, 0.6) is 0 Å². The zero-order valence-electron chi connectivity index (χ0n) is 13.5. The molecular weight excluding hydrogens is 373 g/mol. The van der Waals surface area contributed by atoms with Gasteiger partial charge in [-0.3, -0.25) is 4.79 Å². The highest BCUT2D eigenvalue weighted by atomic mass is 35.5. The maximum absolute atomic E-state index is 12.5. The second-order valence-electron chi connectivity index (χ2n) is 5.39. The molecule has 9 heteroatoms. The zero-order valence-corrected chi connectivity index (χ0v) is 14.3. The van der Waals surface area contributed by atoms with Crippen molar-refractivity contribution in [3.8, 4) is 0 Å². The summed E-state index contributed by atoms with van der Waals surface area (Å²) in [6, 6.07) is 6.16. The molecule has 0 radical (unpaired) electrons. The first-order valence-electron chi connectivity index (χ1n) is 7.44. The normalized spacial score (nSPS) is 12.3. The Labute approximate surface area is 152 Å².